The number of benzene rings is 1. The van der Waals surface area contributed by atoms with Gasteiger partial charge in [0.2, 0.25) is 0 Å². The first-order valence-corrected chi connectivity index (χ1v) is 5.53. The second kappa shape index (κ2) is 4.73. The Morgan fingerprint density at radius 1 is 1.44 bits per heavy atom. The van der Waals surface area contributed by atoms with Gasteiger partial charge in [-0.15, -0.1) is 0 Å². The van der Waals surface area contributed by atoms with Crippen LogP contribution in [0.3, 0.4) is 0 Å². The molecule has 0 saturated heterocycles. The minimum atomic E-state index is 0.586. The lowest BCUT2D eigenvalue weighted by atomic mass is 10.1. The van der Waals surface area contributed by atoms with Crippen LogP contribution in [0.5, 0.6) is 0 Å². The van der Waals surface area contributed by atoms with Crippen molar-refractivity contribution in [3.05, 3.63) is 53.1 Å². The fourth-order valence-corrected chi connectivity index (χ4v) is 2.02. The van der Waals surface area contributed by atoms with Crippen LogP contribution in [0.4, 0.5) is 0 Å². The Morgan fingerprint density at radius 3 is 2.88 bits per heavy atom. The van der Waals surface area contributed by atoms with Gasteiger partial charge in [-0.2, -0.15) is 0 Å². The van der Waals surface area contributed by atoms with Crippen LogP contribution in [0.25, 0.3) is 11.2 Å². The fourth-order valence-electron chi connectivity index (χ4n) is 1.36. The standard InChI is InChI=1S/C12H10Cl2N2/c1-9-2-3-10(11(13)6-9)12(14)7-16-5-4-15-8-16/h2-8H,1H3/b12-7+. The molecule has 0 radical (unpaired) electrons. The summed E-state index contributed by atoms with van der Waals surface area (Å²) in [4.78, 5) is 3.93. The van der Waals surface area contributed by atoms with E-state index in [1.165, 1.54) is 0 Å². The zero-order valence-corrected chi connectivity index (χ0v) is 10.2. The smallest absolute Gasteiger partial charge is 0.0987 e. The molecule has 0 bridgehead atoms. The van der Waals surface area contributed by atoms with Crippen molar-refractivity contribution in [1.82, 2.24) is 9.55 Å². The number of hydrogen-bond acceptors (Lipinski definition) is 1. The van der Waals surface area contributed by atoms with Gasteiger partial charge in [0.05, 0.1) is 11.4 Å². The summed E-state index contributed by atoms with van der Waals surface area (Å²) < 4.78 is 1.78. The summed E-state index contributed by atoms with van der Waals surface area (Å²) in [6.45, 7) is 1.99. The Labute approximate surface area is 104 Å². The summed E-state index contributed by atoms with van der Waals surface area (Å²) in [7, 11) is 0. The Kier molecular flexibility index (Phi) is 3.32. The highest BCUT2D eigenvalue weighted by Crippen LogP contribution is 2.28. The van der Waals surface area contributed by atoms with Crippen LogP contribution in [0.15, 0.2) is 36.9 Å². The minimum Gasteiger partial charge on any atom is -0.312 e. The van der Waals surface area contributed by atoms with E-state index in [2.05, 4.69) is 4.98 Å². The third kappa shape index (κ3) is 2.46. The van der Waals surface area contributed by atoms with Gasteiger partial charge in [0.15, 0.2) is 0 Å². The van der Waals surface area contributed by atoms with Gasteiger partial charge in [-0.25, -0.2) is 4.98 Å². The second-order valence-corrected chi connectivity index (χ2v) is 4.28. The SMILES string of the molecule is Cc1ccc(/C(Cl)=C\n2ccnc2)c(Cl)c1. The molecule has 2 aromatic rings. The number of aromatic nitrogens is 2. The normalized spacial score (nSPS) is 11.8. The third-order valence-electron chi connectivity index (χ3n) is 2.17. The summed E-state index contributed by atoms with van der Waals surface area (Å²) >= 11 is 12.3. The number of halogens is 2. The number of rotatable bonds is 2. The van der Waals surface area contributed by atoms with Crippen LogP contribution in [0.2, 0.25) is 5.02 Å². The summed E-state index contributed by atoms with van der Waals surface area (Å²) in [6, 6.07) is 5.78. The Balaban J connectivity index is 2.37. The molecule has 82 valence electrons. The van der Waals surface area contributed by atoms with Crippen molar-refractivity contribution in [3.63, 3.8) is 0 Å². The first kappa shape index (κ1) is 11.2. The average Bonchev–Trinajstić information content (AvgIpc) is 2.70. The number of nitrogens with zero attached hydrogens (tertiary/aromatic N) is 2. The highest BCUT2D eigenvalue weighted by molar-refractivity contribution is 6.52. The molecule has 1 aromatic carbocycles. The van der Waals surface area contributed by atoms with Gasteiger partial charge in [0, 0.05) is 29.2 Å². The summed E-state index contributed by atoms with van der Waals surface area (Å²) in [5, 5.41) is 1.24. The fraction of sp³-hybridized carbons (Fsp3) is 0.0833. The minimum absolute atomic E-state index is 0.586. The van der Waals surface area contributed by atoms with E-state index < -0.39 is 0 Å². The molecule has 0 aliphatic carbocycles. The van der Waals surface area contributed by atoms with Crippen LogP contribution in [-0.4, -0.2) is 9.55 Å². The lowest BCUT2D eigenvalue weighted by Gasteiger charge is -2.04. The van der Waals surface area contributed by atoms with Gasteiger partial charge in [-0.1, -0.05) is 35.3 Å². The first-order chi connectivity index (χ1) is 7.66. The molecule has 2 nitrogen and oxygen atoms in total. The third-order valence-corrected chi connectivity index (χ3v) is 2.78. The van der Waals surface area contributed by atoms with Crippen LogP contribution in [0.1, 0.15) is 11.1 Å². The second-order valence-electron chi connectivity index (χ2n) is 3.47. The van der Waals surface area contributed by atoms with Crippen LogP contribution in [-0.2, 0) is 0 Å². The van der Waals surface area contributed by atoms with Crippen molar-refractivity contribution < 1.29 is 0 Å². The van der Waals surface area contributed by atoms with Gasteiger partial charge < -0.3 is 4.57 Å². The van der Waals surface area contributed by atoms with Gasteiger partial charge >= 0.3 is 0 Å². The number of hydrogen-bond donors (Lipinski definition) is 0. The molecular weight excluding hydrogens is 243 g/mol. The molecule has 0 aliphatic heterocycles. The summed E-state index contributed by atoms with van der Waals surface area (Å²) in [5.41, 5.74) is 1.93. The summed E-state index contributed by atoms with van der Waals surface area (Å²) in [6.07, 6.45) is 6.94. The van der Waals surface area contributed by atoms with E-state index in [0.717, 1.165) is 11.1 Å². The molecule has 0 fully saturated rings. The van der Waals surface area contributed by atoms with Gasteiger partial charge in [-0.05, 0) is 18.6 Å². The Hall–Kier alpha value is -1.25. The molecule has 0 atom stereocenters. The molecule has 4 heteroatoms. The van der Waals surface area contributed by atoms with Gasteiger partial charge in [0.25, 0.3) is 0 Å². The van der Waals surface area contributed by atoms with E-state index >= 15 is 0 Å². The molecule has 0 aliphatic rings. The van der Waals surface area contributed by atoms with E-state index in [-0.39, 0.29) is 0 Å². The van der Waals surface area contributed by atoms with Crippen molar-refractivity contribution in [2.75, 3.05) is 0 Å². The Morgan fingerprint density at radius 2 is 2.25 bits per heavy atom. The average molecular weight is 253 g/mol. The van der Waals surface area contributed by atoms with Crippen molar-refractivity contribution in [2.45, 2.75) is 6.92 Å². The van der Waals surface area contributed by atoms with E-state index in [1.54, 1.807) is 23.3 Å². The number of aryl methyl sites for hydroxylation is 1. The van der Waals surface area contributed by atoms with Crippen molar-refractivity contribution in [3.8, 4) is 0 Å². The van der Waals surface area contributed by atoms with E-state index in [4.69, 9.17) is 23.2 Å². The van der Waals surface area contributed by atoms with Gasteiger partial charge in [-0.3, -0.25) is 0 Å². The molecular formula is C12H10Cl2N2. The van der Waals surface area contributed by atoms with E-state index in [0.29, 0.717) is 10.1 Å². The van der Waals surface area contributed by atoms with Crippen LogP contribution < -0.4 is 0 Å². The lowest BCUT2D eigenvalue weighted by Crippen LogP contribution is -1.85. The molecule has 0 spiro atoms. The maximum absolute atomic E-state index is 6.18. The first-order valence-electron chi connectivity index (χ1n) is 4.78. The largest absolute Gasteiger partial charge is 0.312 e. The molecule has 1 aromatic heterocycles. The zero-order valence-electron chi connectivity index (χ0n) is 8.69. The van der Waals surface area contributed by atoms with Crippen LogP contribution >= 0.6 is 23.2 Å². The molecule has 0 amide bonds. The Bertz CT molecular complexity index is 516. The van der Waals surface area contributed by atoms with E-state index in [9.17, 15) is 0 Å². The predicted molar refractivity (Wildman–Crippen MR) is 68.4 cm³/mol. The molecule has 2 rings (SSSR count). The lowest BCUT2D eigenvalue weighted by molar-refractivity contribution is 1.14. The van der Waals surface area contributed by atoms with Crippen LogP contribution in [0, 0.1) is 6.92 Å². The molecule has 16 heavy (non-hydrogen) atoms. The highest BCUT2D eigenvalue weighted by Gasteiger charge is 2.04. The van der Waals surface area contributed by atoms with Crippen molar-refractivity contribution in [1.29, 1.82) is 0 Å². The zero-order chi connectivity index (χ0) is 11.5. The van der Waals surface area contributed by atoms with Crippen molar-refractivity contribution >= 4 is 34.4 Å². The highest BCUT2D eigenvalue weighted by atomic mass is 35.5. The molecule has 0 unspecified atom stereocenters. The van der Waals surface area contributed by atoms with E-state index in [1.807, 2.05) is 31.3 Å². The monoisotopic (exact) mass is 252 g/mol. The maximum atomic E-state index is 6.18. The topological polar surface area (TPSA) is 17.8 Å². The number of imidazole rings is 1. The molecule has 0 N–H and O–H groups in total. The molecule has 0 saturated carbocycles. The van der Waals surface area contributed by atoms with Gasteiger partial charge in [0.1, 0.15) is 0 Å². The predicted octanol–water partition coefficient (Wildman–Crippen LogP) is 4.04. The van der Waals surface area contributed by atoms with Crippen molar-refractivity contribution in [2.24, 2.45) is 0 Å². The maximum Gasteiger partial charge on any atom is 0.0987 e. The summed E-state index contributed by atoms with van der Waals surface area (Å²) in [5.74, 6) is 0. The molecule has 1 heterocycles. The quantitative estimate of drug-likeness (QED) is 0.789.